The van der Waals surface area contributed by atoms with Crippen LogP contribution in [-0.2, 0) is 0 Å². The molecule has 0 aromatic heterocycles. The molecule has 0 aliphatic carbocycles. The molecule has 2 unspecified atom stereocenters. The molecule has 0 N–H and O–H groups in total. The van der Waals surface area contributed by atoms with Gasteiger partial charge in [0, 0.05) is 0 Å². The van der Waals surface area contributed by atoms with Crippen LogP contribution in [0.1, 0.15) is 25.3 Å². The maximum Gasteiger partial charge on any atom is 0.216 e. The highest BCUT2D eigenvalue weighted by molar-refractivity contribution is 6.11. The summed E-state index contributed by atoms with van der Waals surface area (Å²) >= 11 is 1.29. The third-order valence-corrected chi connectivity index (χ3v) is 3.33. The van der Waals surface area contributed by atoms with Crippen LogP contribution in [0.3, 0.4) is 0 Å². The molecule has 0 amide bonds. The Morgan fingerprint density at radius 3 is 2.09 bits per heavy atom. The van der Waals surface area contributed by atoms with Crippen molar-refractivity contribution in [1.29, 1.82) is 0 Å². The molecule has 0 radical (unpaired) electrons. The Morgan fingerprint density at radius 2 is 1.64 bits per heavy atom. The molecule has 0 saturated carbocycles. The average Bonchev–Trinajstić information content (AvgIpc) is 2.05. The highest BCUT2D eigenvalue weighted by atomic mass is 27.0. The highest BCUT2D eigenvalue weighted by Gasteiger charge is 2.07. The fourth-order valence-electron chi connectivity index (χ4n) is 1.14. The lowest BCUT2D eigenvalue weighted by molar-refractivity contribution is 0.731. The molecule has 0 fully saturated rings. The van der Waals surface area contributed by atoms with E-state index in [-0.39, 0.29) is 0 Å². The normalized spacial score (nSPS) is 15.8. The Labute approximate surface area is 77.1 Å². The van der Waals surface area contributed by atoms with E-state index in [0.29, 0.717) is 0 Å². The first-order chi connectivity index (χ1) is 5.22. The lowest BCUT2D eigenvalue weighted by Gasteiger charge is -2.15. The van der Waals surface area contributed by atoms with Gasteiger partial charge in [-0.3, -0.25) is 0 Å². The predicted molar refractivity (Wildman–Crippen MR) is 52.8 cm³/mol. The predicted octanol–water partition coefficient (Wildman–Crippen LogP) is 2.23. The van der Waals surface area contributed by atoms with E-state index in [0.717, 1.165) is 10.7 Å². The summed E-state index contributed by atoms with van der Waals surface area (Å²) in [5, 5.41) is 0. The minimum Gasteiger partial charge on any atom is -0.0865 e. The van der Waals surface area contributed by atoms with Crippen LogP contribution in [0.4, 0.5) is 0 Å². The number of hydrogen-bond acceptors (Lipinski definition) is 0. The zero-order valence-electron chi connectivity index (χ0n) is 7.54. The smallest absolute Gasteiger partial charge is 0.0865 e. The van der Waals surface area contributed by atoms with Crippen molar-refractivity contribution in [2.24, 2.45) is 0 Å². The highest BCUT2D eigenvalue weighted by Crippen LogP contribution is 2.24. The van der Waals surface area contributed by atoms with Gasteiger partial charge in [0.15, 0.2) is 0 Å². The quantitative estimate of drug-likeness (QED) is 0.585. The van der Waals surface area contributed by atoms with E-state index in [2.05, 4.69) is 44.2 Å². The molecule has 11 heavy (non-hydrogen) atoms. The van der Waals surface area contributed by atoms with Crippen LogP contribution in [0, 0.1) is 0 Å². The van der Waals surface area contributed by atoms with Crippen LogP contribution >= 0.6 is 0 Å². The number of hydrogen-bond donors (Lipinski definition) is 0. The van der Waals surface area contributed by atoms with Crippen molar-refractivity contribution < 1.29 is 0 Å². The number of benzene rings is 1. The molecule has 1 aromatic carbocycles. The largest absolute Gasteiger partial charge is 0.216 e. The van der Waals surface area contributed by atoms with Crippen molar-refractivity contribution in [1.82, 2.24) is 0 Å². The summed E-state index contributed by atoms with van der Waals surface area (Å²) in [7, 11) is 0. The van der Waals surface area contributed by atoms with E-state index in [1.54, 1.807) is 0 Å². The molecule has 1 aromatic rings. The van der Waals surface area contributed by atoms with Crippen molar-refractivity contribution in [3.8, 4) is 0 Å². The van der Waals surface area contributed by atoms with Gasteiger partial charge < -0.3 is 0 Å². The molecule has 0 aliphatic rings. The van der Waals surface area contributed by atoms with Crippen LogP contribution in [-0.4, -0.2) is 16.3 Å². The summed E-state index contributed by atoms with van der Waals surface area (Å²) in [6, 6.07) is 10.8. The van der Waals surface area contributed by atoms with E-state index in [1.165, 1.54) is 21.9 Å². The fraction of sp³-hybridized carbons (Fsp3) is 0.400. The Kier molecular flexibility index (Phi) is 3.18. The second kappa shape index (κ2) is 3.95. The minimum absolute atomic E-state index is 0.739. The van der Waals surface area contributed by atoms with Gasteiger partial charge in [0.25, 0.3) is 0 Å². The lowest BCUT2D eigenvalue weighted by atomic mass is 9.98. The van der Waals surface area contributed by atoms with Crippen LogP contribution in [0.2, 0.25) is 4.78 Å². The SMILES string of the molecule is C[CH]([AlH2])C(C)c1ccccc1. The summed E-state index contributed by atoms with van der Waals surface area (Å²) < 4.78 is 0.873. The van der Waals surface area contributed by atoms with E-state index in [1.807, 2.05) is 0 Å². The molecular weight excluding hydrogens is 147 g/mol. The molecule has 1 rings (SSSR count). The Balaban J connectivity index is 2.77. The Hall–Kier alpha value is -0.248. The Bertz CT molecular complexity index is 203. The second-order valence-electron chi connectivity index (χ2n) is 3.44. The van der Waals surface area contributed by atoms with Gasteiger partial charge in [0.2, 0.25) is 16.3 Å². The zero-order valence-corrected chi connectivity index (χ0v) is 9.54. The zero-order chi connectivity index (χ0) is 8.27. The van der Waals surface area contributed by atoms with Gasteiger partial charge >= 0.3 is 0 Å². The first-order valence-corrected chi connectivity index (χ1v) is 5.42. The van der Waals surface area contributed by atoms with E-state index in [4.69, 9.17) is 0 Å². The van der Waals surface area contributed by atoms with Crippen LogP contribution in [0.25, 0.3) is 0 Å². The third-order valence-electron chi connectivity index (χ3n) is 2.33. The van der Waals surface area contributed by atoms with Gasteiger partial charge in [0.05, 0.1) is 0 Å². The van der Waals surface area contributed by atoms with Crippen molar-refractivity contribution in [2.75, 3.05) is 0 Å². The summed E-state index contributed by atoms with van der Waals surface area (Å²) in [4.78, 5) is 0. The summed E-state index contributed by atoms with van der Waals surface area (Å²) in [6.07, 6.45) is 0. The molecular formula is C10H15Al. The molecule has 0 heterocycles. The van der Waals surface area contributed by atoms with Crippen LogP contribution in [0.5, 0.6) is 0 Å². The molecule has 0 bridgehead atoms. The molecule has 1 heteroatoms. The van der Waals surface area contributed by atoms with Gasteiger partial charge in [-0.2, -0.15) is 0 Å². The monoisotopic (exact) mass is 162 g/mol. The van der Waals surface area contributed by atoms with Crippen molar-refractivity contribution in [2.45, 2.75) is 24.5 Å². The average molecular weight is 162 g/mol. The van der Waals surface area contributed by atoms with E-state index in [9.17, 15) is 0 Å². The van der Waals surface area contributed by atoms with E-state index < -0.39 is 0 Å². The van der Waals surface area contributed by atoms with Gasteiger partial charge in [-0.05, 0) is 11.5 Å². The van der Waals surface area contributed by atoms with Gasteiger partial charge in [-0.1, -0.05) is 49.0 Å². The first-order valence-electron chi connectivity index (χ1n) is 4.26. The first kappa shape index (κ1) is 8.85. The van der Waals surface area contributed by atoms with Crippen molar-refractivity contribution in [3.05, 3.63) is 35.9 Å². The third kappa shape index (κ3) is 2.36. The van der Waals surface area contributed by atoms with E-state index >= 15 is 0 Å². The van der Waals surface area contributed by atoms with Gasteiger partial charge in [-0.25, -0.2) is 0 Å². The van der Waals surface area contributed by atoms with Crippen molar-refractivity contribution in [3.63, 3.8) is 0 Å². The summed E-state index contributed by atoms with van der Waals surface area (Å²) in [5.41, 5.74) is 1.48. The topological polar surface area (TPSA) is 0 Å². The maximum atomic E-state index is 2.32. The lowest BCUT2D eigenvalue weighted by Crippen LogP contribution is -1.99. The van der Waals surface area contributed by atoms with Crippen LogP contribution < -0.4 is 0 Å². The standard InChI is InChI=1S/C10H13.Al.2H/c1-3-9(2)10-7-5-4-6-8-10;;;/h3-9H,1-2H3;;;. The molecule has 58 valence electrons. The minimum atomic E-state index is 0.739. The second-order valence-corrected chi connectivity index (χ2v) is 5.26. The van der Waals surface area contributed by atoms with Gasteiger partial charge in [0.1, 0.15) is 0 Å². The fourth-order valence-corrected chi connectivity index (χ4v) is 1.53. The Morgan fingerprint density at radius 1 is 1.09 bits per heavy atom. The van der Waals surface area contributed by atoms with Crippen molar-refractivity contribution >= 4 is 16.3 Å². The maximum absolute atomic E-state index is 2.32. The molecule has 2 atom stereocenters. The molecule has 0 aliphatic heterocycles. The summed E-state index contributed by atoms with van der Waals surface area (Å²) in [6.45, 7) is 4.64. The van der Waals surface area contributed by atoms with Gasteiger partial charge in [-0.15, -0.1) is 0 Å². The number of rotatable bonds is 2. The molecule has 0 nitrogen and oxygen atoms in total. The summed E-state index contributed by atoms with van der Waals surface area (Å²) in [5.74, 6) is 0.739. The molecule has 0 spiro atoms. The van der Waals surface area contributed by atoms with Crippen LogP contribution in [0.15, 0.2) is 30.3 Å². The molecule has 0 saturated heterocycles.